The number of anilines is 1. The predicted octanol–water partition coefficient (Wildman–Crippen LogP) is 3.62. The fourth-order valence-electron chi connectivity index (χ4n) is 2.97. The highest BCUT2D eigenvalue weighted by Gasteiger charge is 2.14. The molecule has 1 aliphatic heterocycles. The van der Waals surface area contributed by atoms with Crippen LogP contribution in [0.1, 0.15) is 22.9 Å². The van der Waals surface area contributed by atoms with Crippen molar-refractivity contribution in [1.82, 2.24) is 10.3 Å². The molecule has 3 heterocycles. The summed E-state index contributed by atoms with van der Waals surface area (Å²) >= 11 is 2.98. The van der Waals surface area contributed by atoms with Crippen molar-refractivity contribution in [2.75, 3.05) is 11.9 Å². The van der Waals surface area contributed by atoms with Gasteiger partial charge in [0, 0.05) is 23.6 Å². The largest absolute Gasteiger partial charge is 0.493 e. The number of nitrogens with one attached hydrogen (secondary N) is 2. The first kappa shape index (κ1) is 18.6. The Labute approximate surface area is 170 Å². The van der Waals surface area contributed by atoms with Crippen molar-refractivity contribution in [2.24, 2.45) is 0 Å². The van der Waals surface area contributed by atoms with Gasteiger partial charge < -0.3 is 15.4 Å². The zero-order valence-corrected chi connectivity index (χ0v) is 16.9. The Kier molecular flexibility index (Phi) is 5.40. The number of ether oxygens (including phenoxy) is 1. The number of carbonyl (C=O) groups is 2. The lowest BCUT2D eigenvalue weighted by Gasteiger charge is -2.04. The fraction of sp³-hybridized carbons (Fsp3) is 0.250. The first-order valence-corrected chi connectivity index (χ1v) is 10.6. The number of amides is 2. The molecule has 0 aliphatic carbocycles. The minimum atomic E-state index is -0.0858. The fourth-order valence-corrected chi connectivity index (χ4v) is 4.67. The van der Waals surface area contributed by atoms with Crippen LogP contribution in [0.15, 0.2) is 35.7 Å². The number of rotatable bonds is 6. The van der Waals surface area contributed by atoms with Gasteiger partial charge in [-0.05, 0) is 29.3 Å². The second kappa shape index (κ2) is 8.12. The smallest absolute Gasteiger partial charge is 0.230 e. The number of fused-ring (bicyclic) bond motifs is 1. The van der Waals surface area contributed by atoms with E-state index >= 15 is 0 Å². The van der Waals surface area contributed by atoms with E-state index in [0.29, 0.717) is 24.7 Å². The van der Waals surface area contributed by atoms with Crippen molar-refractivity contribution in [2.45, 2.75) is 26.3 Å². The van der Waals surface area contributed by atoms with Crippen LogP contribution in [-0.4, -0.2) is 23.4 Å². The molecule has 0 fully saturated rings. The van der Waals surface area contributed by atoms with E-state index in [1.54, 1.807) is 11.3 Å². The first-order valence-electron chi connectivity index (χ1n) is 8.90. The van der Waals surface area contributed by atoms with Crippen LogP contribution in [-0.2, 0) is 29.0 Å². The lowest BCUT2D eigenvalue weighted by molar-refractivity contribution is -0.119. The quantitative estimate of drug-likeness (QED) is 0.647. The van der Waals surface area contributed by atoms with E-state index in [9.17, 15) is 9.59 Å². The van der Waals surface area contributed by atoms with Gasteiger partial charge in [0.25, 0.3) is 0 Å². The predicted molar refractivity (Wildman–Crippen MR) is 111 cm³/mol. The lowest BCUT2D eigenvalue weighted by atomic mass is 10.1. The topological polar surface area (TPSA) is 80.3 Å². The molecule has 6 nitrogen and oxygen atoms in total. The molecule has 8 heteroatoms. The maximum atomic E-state index is 12.4. The Hall–Kier alpha value is -2.71. The van der Waals surface area contributed by atoms with Gasteiger partial charge in [-0.1, -0.05) is 12.1 Å². The maximum absolute atomic E-state index is 12.4. The Morgan fingerprint density at radius 1 is 1.25 bits per heavy atom. The van der Waals surface area contributed by atoms with Crippen LogP contribution in [0.5, 0.6) is 5.75 Å². The molecule has 0 bridgehead atoms. The molecule has 2 aromatic heterocycles. The summed E-state index contributed by atoms with van der Waals surface area (Å²) < 4.78 is 5.50. The molecule has 0 atom stereocenters. The summed E-state index contributed by atoms with van der Waals surface area (Å²) in [5.74, 6) is 0.782. The van der Waals surface area contributed by atoms with Gasteiger partial charge in [-0.3, -0.25) is 9.59 Å². The minimum absolute atomic E-state index is 0.0514. The molecule has 0 radical (unpaired) electrons. The third-order valence-electron chi connectivity index (χ3n) is 4.29. The molecule has 144 valence electrons. The molecule has 28 heavy (non-hydrogen) atoms. The Morgan fingerprint density at radius 2 is 2.14 bits per heavy atom. The molecular formula is C20H19N3O3S2. The van der Waals surface area contributed by atoms with Crippen molar-refractivity contribution in [1.29, 1.82) is 0 Å². The zero-order chi connectivity index (χ0) is 19.5. The molecule has 1 aliphatic rings. The molecule has 0 saturated carbocycles. The average molecular weight is 414 g/mol. The number of hydrogen-bond donors (Lipinski definition) is 2. The molecule has 2 amide bonds. The summed E-state index contributed by atoms with van der Waals surface area (Å²) in [5.41, 5.74) is 2.96. The normalized spacial score (nSPS) is 12.3. The van der Waals surface area contributed by atoms with E-state index in [0.717, 1.165) is 38.7 Å². The molecule has 0 spiro atoms. The van der Waals surface area contributed by atoms with E-state index in [1.165, 1.54) is 18.3 Å². The van der Waals surface area contributed by atoms with Crippen LogP contribution in [0.4, 0.5) is 5.13 Å². The van der Waals surface area contributed by atoms with Gasteiger partial charge in [-0.25, -0.2) is 4.98 Å². The van der Waals surface area contributed by atoms with Crippen molar-refractivity contribution >= 4 is 39.6 Å². The maximum Gasteiger partial charge on any atom is 0.230 e. The van der Waals surface area contributed by atoms with Gasteiger partial charge in [-0.15, -0.1) is 22.7 Å². The van der Waals surface area contributed by atoms with Gasteiger partial charge in [-0.2, -0.15) is 0 Å². The van der Waals surface area contributed by atoms with Crippen molar-refractivity contribution in [3.63, 3.8) is 0 Å². The molecule has 2 N–H and O–H groups in total. The highest BCUT2D eigenvalue weighted by atomic mass is 32.1. The molecular weight excluding hydrogens is 394 g/mol. The van der Waals surface area contributed by atoms with Crippen LogP contribution >= 0.6 is 22.7 Å². The second-order valence-electron chi connectivity index (χ2n) is 6.48. The van der Waals surface area contributed by atoms with Crippen LogP contribution in [0.3, 0.4) is 0 Å². The number of carbonyl (C=O) groups excluding carboxylic acids is 2. The summed E-state index contributed by atoms with van der Waals surface area (Å²) in [7, 11) is 0. The number of benzene rings is 1. The van der Waals surface area contributed by atoms with Gasteiger partial charge in [0.2, 0.25) is 11.8 Å². The van der Waals surface area contributed by atoms with E-state index in [-0.39, 0.29) is 11.8 Å². The average Bonchev–Trinajstić information content (AvgIpc) is 3.39. The van der Waals surface area contributed by atoms with Crippen molar-refractivity contribution < 1.29 is 14.3 Å². The number of aromatic nitrogens is 1. The Bertz CT molecular complexity index is 1030. The van der Waals surface area contributed by atoms with Crippen LogP contribution in [0.2, 0.25) is 0 Å². The van der Waals surface area contributed by atoms with E-state index in [1.807, 2.05) is 35.7 Å². The number of thiophene rings is 1. The summed E-state index contributed by atoms with van der Waals surface area (Å²) in [4.78, 5) is 30.0. The standard InChI is InChI=1S/C20H19N3O3S2/c1-12(24)21-10-15-3-5-18(28-15)16-11-27-20(22-16)23-19(25)9-13-2-4-17-14(8-13)6-7-26-17/h2-5,8,11H,6-7,9-10H2,1H3,(H,21,24)(H,22,23,25). The van der Waals surface area contributed by atoms with Gasteiger partial charge in [0.15, 0.2) is 5.13 Å². The van der Waals surface area contributed by atoms with E-state index in [2.05, 4.69) is 15.6 Å². The third-order valence-corrected chi connectivity index (χ3v) is 6.16. The van der Waals surface area contributed by atoms with Crippen LogP contribution in [0, 0.1) is 0 Å². The van der Waals surface area contributed by atoms with Crippen molar-refractivity contribution in [3.05, 3.63) is 51.7 Å². The van der Waals surface area contributed by atoms with Crippen LogP contribution < -0.4 is 15.4 Å². The van der Waals surface area contributed by atoms with E-state index < -0.39 is 0 Å². The van der Waals surface area contributed by atoms with Gasteiger partial charge >= 0.3 is 0 Å². The Morgan fingerprint density at radius 3 is 3.00 bits per heavy atom. The minimum Gasteiger partial charge on any atom is -0.493 e. The first-order chi connectivity index (χ1) is 13.6. The molecule has 0 unspecified atom stereocenters. The summed E-state index contributed by atoms with van der Waals surface area (Å²) in [6.45, 7) is 2.72. The van der Waals surface area contributed by atoms with Gasteiger partial charge in [0.1, 0.15) is 5.75 Å². The molecule has 0 saturated heterocycles. The second-order valence-corrected chi connectivity index (χ2v) is 8.51. The lowest BCUT2D eigenvalue weighted by Crippen LogP contribution is -2.17. The third kappa shape index (κ3) is 4.40. The van der Waals surface area contributed by atoms with E-state index in [4.69, 9.17) is 4.74 Å². The highest BCUT2D eigenvalue weighted by molar-refractivity contribution is 7.17. The molecule has 1 aromatic carbocycles. The number of nitrogens with zero attached hydrogens (tertiary/aromatic N) is 1. The Balaban J connectivity index is 1.36. The number of hydrogen-bond acceptors (Lipinski definition) is 6. The van der Waals surface area contributed by atoms with Gasteiger partial charge in [0.05, 0.1) is 30.1 Å². The summed E-state index contributed by atoms with van der Waals surface area (Å²) in [5, 5.41) is 8.18. The summed E-state index contributed by atoms with van der Waals surface area (Å²) in [6.07, 6.45) is 1.20. The molecule has 4 rings (SSSR count). The monoisotopic (exact) mass is 413 g/mol. The molecule has 3 aromatic rings. The SMILES string of the molecule is CC(=O)NCc1ccc(-c2csc(NC(=O)Cc3ccc4c(c3)CCO4)n2)s1. The summed E-state index contributed by atoms with van der Waals surface area (Å²) in [6, 6.07) is 9.86. The highest BCUT2D eigenvalue weighted by Crippen LogP contribution is 2.31. The number of thiazole rings is 1. The van der Waals surface area contributed by atoms with Crippen molar-refractivity contribution in [3.8, 4) is 16.3 Å². The van der Waals surface area contributed by atoms with Crippen LogP contribution in [0.25, 0.3) is 10.6 Å². The zero-order valence-electron chi connectivity index (χ0n) is 15.3.